The molecule has 188 valence electrons. The number of rotatable bonds is 3. The third-order valence-corrected chi connectivity index (χ3v) is 11.0. The van der Waals surface area contributed by atoms with Crippen LogP contribution in [0, 0.1) is 28.6 Å². The minimum Gasteiger partial charge on any atom is -0.393 e. The molecule has 6 heteroatoms. The summed E-state index contributed by atoms with van der Waals surface area (Å²) in [5.41, 5.74) is 0.501. The van der Waals surface area contributed by atoms with E-state index in [4.69, 9.17) is 9.47 Å². The summed E-state index contributed by atoms with van der Waals surface area (Å²) in [6, 6.07) is 0. The molecule has 0 bridgehead atoms. The number of aliphatic hydroxyl groups is 4. The number of aliphatic hydroxyl groups excluding tert-OH is 3. The second kappa shape index (κ2) is 8.28. The summed E-state index contributed by atoms with van der Waals surface area (Å²) in [6.45, 7) is 8.40. The molecular formula is C27H44O6. The van der Waals surface area contributed by atoms with Crippen molar-refractivity contribution in [1.29, 1.82) is 0 Å². The van der Waals surface area contributed by atoms with Crippen molar-refractivity contribution in [1.82, 2.24) is 0 Å². The number of allylic oxidation sites excluding steroid dienone is 1. The fourth-order valence-corrected chi connectivity index (χ4v) is 8.81. The van der Waals surface area contributed by atoms with Gasteiger partial charge < -0.3 is 29.9 Å². The molecule has 1 aliphatic heterocycles. The SMILES string of the molecule is C[C@H](O[C@H]1C[C@@H](O)[C@H](O)[C@@H](C)O1)[C@@]1(O)CC[C@H]2[C@@H]3CC=C4C[C@@H](O)CC[C@]4(C)[C@H]3CC[C@@]21C. The van der Waals surface area contributed by atoms with E-state index in [2.05, 4.69) is 19.9 Å². The van der Waals surface area contributed by atoms with E-state index in [0.717, 1.165) is 51.4 Å². The molecule has 0 aromatic rings. The maximum atomic E-state index is 12.1. The molecular weight excluding hydrogens is 420 g/mol. The van der Waals surface area contributed by atoms with Gasteiger partial charge in [-0.05, 0) is 88.4 Å². The average Bonchev–Trinajstić information content (AvgIpc) is 3.04. The molecule has 0 amide bonds. The Balaban J connectivity index is 1.34. The third kappa shape index (κ3) is 3.58. The molecule has 33 heavy (non-hydrogen) atoms. The number of hydrogen-bond acceptors (Lipinski definition) is 6. The molecule has 3 saturated carbocycles. The van der Waals surface area contributed by atoms with Gasteiger partial charge in [-0.1, -0.05) is 25.5 Å². The molecule has 1 heterocycles. The van der Waals surface area contributed by atoms with Crippen LogP contribution >= 0.6 is 0 Å². The van der Waals surface area contributed by atoms with Crippen molar-refractivity contribution >= 4 is 0 Å². The fraction of sp³-hybridized carbons (Fsp3) is 0.926. The molecule has 4 aliphatic carbocycles. The van der Waals surface area contributed by atoms with Crippen LogP contribution in [0.4, 0.5) is 0 Å². The Hall–Kier alpha value is -0.500. The smallest absolute Gasteiger partial charge is 0.161 e. The summed E-state index contributed by atoms with van der Waals surface area (Å²) in [4.78, 5) is 0. The molecule has 6 nitrogen and oxygen atoms in total. The summed E-state index contributed by atoms with van der Waals surface area (Å²) in [6.07, 6.45) is 6.81. The van der Waals surface area contributed by atoms with Gasteiger partial charge >= 0.3 is 0 Å². The lowest BCUT2D eigenvalue weighted by Crippen LogP contribution is -2.59. The van der Waals surface area contributed by atoms with Gasteiger partial charge in [-0.3, -0.25) is 0 Å². The van der Waals surface area contributed by atoms with Gasteiger partial charge in [0.1, 0.15) is 6.10 Å². The number of ether oxygens (including phenoxy) is 2. The third-order valence-electron chi connectivity index (χ3n) is 11.0. The van der Waals surface area contributed by atoms with Gasteiger partial charge in [0.25, 0.3) is 0 Å². The lowest BCUT2D eigenvalue weighted by atomic mass is 9.46. The Morgan fingerprint density at radius 2 is 1.79 bits per heavy atom. The van der Waals surface area contributed by atoms with Crippen LogP contribution in [-0.4, -0.2) is 62.8 Å². The van der Waals surface area contributed by atoms with Crippen LogP contribution in [0.25, 0.3) is 0 Å². The summed E-state index contributed by atoms with van der Waals surface area (Å²) >= 11 is 0. The first kappa shape index (κ1) is 24.2. The zero-order valence-electron chi connectivity index (χ0n) is 20.7. The van der Waals surface area contributed by atoms with Gasteiger partial charge in [0, 0.05) is 11.8 Å². The Morgan fingerprint density at radius 1 is 1.06 bits per heavy atom. The van der Waals surface area contributed by atoms with E-state index < -0.39 is 36.3 Å². The predicted molar refractivity (Wildman–Crippen MR) is 124 cm³/mol. The summed E-state index contributed by atoms with van der Waals surface area (Å²) in [5, 5.41) is 42.5. The average molecular weight is 465 g/mol. The first-order valence-corrected chi connectivity index (χ1v) is 13.3. The van der Waals surface area contributed by atoms with E-state index >= 15 is 0 Å². The Morgan fingerprint density at radius 3 is 2.52 bits per heavy atom. The van der Waals surface area contributed by atoms with Gasteiger partial charge in [-0.25, -0.2) is 0 Å². The molecule has 4 N–H and O–H groups in total. The highest BCUT2D eigenvalue weighted by atomic mass is 16.7. The highest BCUT2D eigenvalue weighted by Crippen LogP contribution is 2.67. The Kier molecular flexibility index (Phi) is 6.07. The van der Waals surface area contributed by atoms with Crippen LogP contribution in [0.2, 0.25) is 0 Å². The van der Waals surface area contributed by atoms with Crippen molar-refractivity contribution in [3.05, 3.63) is 11.6 Å². The fourth-order valence-electron chi connectivity index (χ4n) is 8.81. The van der Waals surface area contributed by atoms with Crippen LogP contribution in [0.1, 0.15) is 85.5 Å². The quantitative estimate of drug-likeness (QED) is 0.479. The van der Waals surface area contributed by atoms with Gasteiger partial charge in [0.05, 0.1) is 30.0 Å². The van der Waals surface area contributed by atoms with Crippen molar-refractivity contribution in [3.63, 3.8) is 0 Å². The minimum atomic E-state index is -0.941. The Bertz CT molecular complexity index is 773. The van der Waals surface area contributed by atoms with Crippen LogP contribution in [0.15, 0.2) is 11.6 Å². The normalized spacial score (nSPS) is 55.2. The molecule has 0 spiro atoms. The standard InChI is InChI=1S/C27H44O6/c1-15-24(30)22(29)14-23(32-15)33-16(2)27(31)12-9-21-19-6-5-17-13-18(28)7-10-25(17,3)20(19)8-11-26(21,27)4/h5,15-16,18-24,28-31H,6-14H2,1-4H3/t15-,16+,18+,19-,20+,21+,22-,23+,24-,25+,26+,27+/m1/s1. The van der Waals surface area contributed by atoms with Gasteiger partial charge in [0.2, 0.25) is 0 Å². The van der Waals surface area contributed by atoms with Gasteiger partial charge in [-0.15, -0.1) is 0 Å². The largest absolute Gasteiger partial charge is 0.393 e. The second-order valence-electron chi connectivity index (χ2n) is 12.4. The van der Waals surface area contributed by atoms with E-state index in [1.54, 1.807) is 6.92 Å². The molecule has 1 saturated heterocycles. The van der Waals surface area contributed by atoms with Crippen LogP contribution < -0.4 is 0 Å². The van der Waals surface area contributed by atoms with Crippen LogP contribution in [-0.2, 0) is 9.47 Å². The van der Waals surface area contributed by atoms with Gasteiger partial charge in [-0.2, -0.15) is 0 Å². The highest BCUT2D eigenvalue weighted by molar-refractivity contribution is 5.26. The molecule has 0 aromatic carbocycles. The first-order valence-electron chi connectivity index (χ1n) is 13.3. The summed E-state index contributed by atoms with van der Waals surface area (Å²) < 4.78 is 12.1. The number of hydrogen-bond donors (Lipinski definition) is 4. The van der Waals surface area contributed by atoms with Crippen molar-refractivity contribution in [2.75, 3.05) is 0 Å². The van der Waals surface area contributed by atoms with E-state index in [1.807, 2.05) is 6.92 Å². The predicted octanol–water partition coefficient (Wildman–Crippen LogP) is 3.30. The molecule has 5 aliphatic rings. The maximum Gasteiger partial charge on any atom is 0.161 e. The first-order chi connectivity index (χ1) is 15.5. The molecule has 4 fully saturated rings. The van der Waals surface area contributed by atoms with E-state index in [0.29, 0.717) is 17.8 Å². The lowest BCUT2D eigenvalue weighted by molar-refractivity contribution is -0.288. The minimum absolute atomic E-state index is 0.186. The van der Waals surface area contributed by atoms with E-state index in [1.165, 1.54) is 5.57 Å². The van der Waals surface area contributed by atoms with Crippen LogP contribution in [0.3, 0.4) is 0 Å². The summed E-state index contributed by atoms with van der Waals surface area (Å²) in [7, 11) is 0. The number of fused-ring (bicyclic) bond motifs is 5. The van der Waals surface area contributed by atoms with Crippen molar-refractivity contribution < 1.29 is 29.9 Å². The van der Waals surface area contributed by atoms with Crippen LogP contribution in [0.5, 0.6) is 0 Å². The molecule has 5 rings (SSSR count). The zero-order chi connectivity index (χ0) is 23.8. The van der Waals surface area contributed by atoms with Crippen molar-refractivity contribution in [3.8, 4) is 0 Å². The second-order valence-corrected chi connectivity index (χ2v) is 12.4. The molecule has 0 unspecified atom stereocenters. The monoisotopic (exact) mass is 464 g/mol. The van der Waals surface area contributed by atoms with E-state index in [-0.39, 0.29) is 23.4 Å². The highest BCUT2D eigenvalue weighted by Gasteiger charge is 2.65. The molecule has 0 radical (unpaired) electrons. The van der Waals surface area contributed by atoms with Gasteiger partial charge in [0.15, 0.2) is 6.29 Å². The molecule has 12 atom stereocenters. The summed E-state index contributed by atoms with van der Waals surface area (Å²) in [5.74, 6) is 1.64. The lowest BCUT2D eigenvalue weighted by Gasteiger charge is -2.59. The molecule has 0 aromatic heterocycles. The van der Waals surface area contributed by atoms with Crippen molar-refractivity contribution in [2.45, 2.75) is 128 Å². The zero-order valence-corrected chi connectivity index (χ0v) is 20.7. The Labute approximate surface area is 198 Å². The topological polar surface area (TPSA) is 99.4 Å². The van der Waals surface area contributed by atoms with Crippen molar-refractivity contribution in [2.24, 2.45) is 28.6 Å². The van der Waals surface area contributed by atoms with E-state index in [9.17, 15) is 20.4 Å². The maximum absolute atomic E-state index is 12.1.